The topological polar surface area (TPSA) is 130 Å². The largest absolute Gasteiger partial charge is 0.478 e. The van der Waals surface area contributed by atoms with Crippen LogP contribution in [0.25, 0.3) is 0 Å². The monoisotopic (exact) mass is 330 g/mol. The van der Waals surface area contributed by atoms with Gasteiger partial charge in [0.25, 0.3) is 5.69 Å². The molecule has 0 saturated carbocycles. The normalized spacial score (nSPS) is 10.9. The average Bonchev–Trinajstić information content (AvgIpc) is 2.29. The number of nitro groups is 1. The van der Waals surface area contributed by atoms with Gasteiger partial charge in [0.1, 0.15) is 11.4 Å². The molecule has 100 valence electrons. The summed E-state index contributed by atoms with van der Waals surface area (Å²) >= 11 is 3.04. The zero-order chi connectivity index (χ0) is 14.6. The highest BCUT2D eigenvalue weighted by atomic mass is 79.9. The van der Waals surface area contributed by atoms with Crippen LogP contribution in [0.4, 0.5) is 11.4 Å². The van der Waals surface area contributed by atoms with E-state index in [1.165, 1.54) is 18.2 Å². The van der Waals surface area contributed by atoms with Crippen LogP contribution in [0.15, 0.2) is 34.4 Å². The molecule has 3 N–H and O–H groups in total. The minimum absolute atomic E-state index is 0.122. The van der Waals surface area contributed by atoms with Crippen molar-refractivity contribution in [1.29, 1.82) is 0 Å². The first-order valence-electron chi connectivity index (χ1n) is 4.70. The Kier molecular flexibility index (Phi) is 4.59. The fourth-order valence-electron chi connectivity index (χ4n) is 1.18. The minimum Gasteiger partial charge on any atom is -0.478 e. The van der Waals surface area contributed by atoms with Gasteiger partial charge in [-0.2, -0.15) is 0 Å². The van der Waals surface area contributed by atoms with E-state index in [1.807, 2.05) is 0 Å². The number of anilines is 1. The van der Waals surface area contributed by atoms with Crippen molar-refractivity contribution in [2.75, 3.05) is 5.32 Å². The highest BCUT2D eigenvalue weighted by molar-refractivity contribution is 9.10. The molecule has 0 saturated heterocycles. The summed E-state index contributed by atoms with van der Waals surface area (Å²) in [5.74, 6) is -3.02. The molecule has 0 aliphatic heterocycles. The number of carboxylic acid groups (broad SMARTS) is 2. The number of halogens is 1. The van der Waals surface area contributed by atoms with Crippen molar-refractivity contribution in [2.24, 2.45) is 0 Å². The molecule has 0 radical (unpaired) electrons. The number of hydrogen-bond donors (Lipinski definition) is 3. The lowest BCUT2D eigenvalue weighted by atomic mass is 10.2. The van der Waals surface area contributed by atoms with Gasteiger partial charge < -0.3 is 15.5 Å². The molecule has 0 unspecified atom stereocenters. The third-order valence-electron chi connectivity index (χ3n) is 1.92. The van der Waals surface area contributed by atoms with Crippen LogP contribution in [-0.2, 0) is 9.59 Å². The van der Waals surface area contributed by atoms with Crippen LogP contribution in [0, 0.1) is 10.1 Å². The van der Waals surface area contributed by atoms with Crippen LogP contribution in [0.2, 0.25) is 0 Å². The van der Waals surface area contributed by atoms with Crippen LogP contribution < -0.4 is 5.32 Å². The number of benzene rings is 1. The van der Waals surface area contributed by atoms with Gasteiger partial charge in [0, 0.05) is 10.5 Å². The number of nitro benzene ring substituents is 1. The summed E-state index contributed by atoms with van der Waals surface area (Å²) in [6, 6.07) is 3.89. The fraction of sp³-hybridized carbons (Fsp3) is 0. The first-order valence-corrected chi connectivity index (χ1v) is 5.49. The maximum atomic E-state index is 10.8. The van der Waals surface area contributed by atoms with Gasteiger partial charge in [-0.15, -0.1) is 0 Å². The first-order chi connectivity index (χ1) is 8.81. The van der Waals surface area contributed by atoms with Crippen LogP contribution >= 0.6 is 15.9 Å². The summed E-state index contributed by atoms with van der Waals surface area (Å²) in [4.78, 5) is 31.4. The molecule has 0 amide bonds. The lowest BCUT2D eigenvalue weighted by Gasteiger charge is -2.07. The molecule has 1 aromatic rings. The lowest BCUT2D eigenvalue weighted by molar-refractivity contribution is -0.384. The number of carboxylic acids is 2. The van der Waals surface area contributed by atoms with Gasteiger partial charge >= 0.3 is 11.9 Å². The molecule has 8 nitrogen and oxygen atoms in total. The molecule has 0 fully saturated rings. The number of nitrogens with zero attached hydrogens (tertiary/aromatic N) is 1. The van der Waals surface area contributed by atoms with Gasteiger partial charge in [0.2, 0.25) is 0 Å². The zero-order valence-corrected chi connectivity index (χ0v) is 10.7. The molecule has 0 bridgehead atoms. The van der Waals surface area contributed by atoms with Crippen molar-refractivity contribution in [3.8, 4) is 0 Å². The molecular formula is C10H7BrN2O6. The first kappa shape index (κ1) is 14.6. The second-order valence-electron chi connectivity index (χ2n) is 3.24. The smallest absolute Gasteiger partial charge is 0.352 e. The molecule has 1 rings (SSSR count). The van der Waals surface area contributed by atoms with E-state index in [0.717, 1.165) is 0 Å². The molecular weight excluding hydrogens is 324 g/mol. The SMILES string of the molecule is O=C(O)/C=C(\Nc1ccc(Br)cc1[N+](=O)[O-])C(=O)O. The van der Waals surface area contributed by atoms with Gasteiger partial charge in [-0.3, -0.25) is 10.1 Å². The Morgan fingerprint density at radius 1 is 1.37 bits per heavy atom. The quantitative estimate of drug-likeness (QED) is 0.426. The van der Waals surface area contributed by atoms with Crippen molar-refractivity contribution < 1.29 is 24.7 Å². The Hall–Kier alpha value is -2.42. The summed E-state index contributed by atoms with van der Waals surface area (Å²) < 4.78 is 0.434. The molecule has 9 heteroatoms. The Morgan fingerprint density at radius 3 is 2.47 bits per heavy atom. The molecule has 0 spiro atoms. The number of rotatable bonds is 5. The third-order valence-corrected chi connectivity index (χ3v) is 2.42. The maximum Gasteiger partial charge on any atom is 0.352 e. The average molecular weight is 331 g/mol. The fourth-order valence-corrected chi connectivity index (χ4v) is 1.53. The van der Waals surface area contributed by atoms with Crippen LogP contribution in [0.3, 0.4) is 0 Å². The summed E-state index contributed by atoms with van der Waals surface area (Å²) in [5.41, 5.74) is -1.19. The van der Waals surface area contributed by atoms with E-state index >= 15 is 0 Å². The Morgan fingerprint density at radius 2 is 2.00 bits per heavy atom. The van der Waals surface area contributed by atoms with E-state index in [4.69, 9.17) is 10.2 Å². The third kappa shape index (κ3) is 4.07. The van der Waals surface area contributed by atoms with Gasteiger partial charge in [0.15, 0.2) is 0 Å². The van der Waals surface area contributed by atoms with Gasteiger partial charge in [-0.25, -0.2) is 9.59 Å². The summed E-state index contributed by atoms with van der Waals surface area (Å²) in [6.45, 7) is 0. The Labute approximate surface area is 114 Å². The van der Waals surface area contributed by atoms with Crippen molar-refractivity contribution in [3.63, 3.8) is 0 Å². The van der Waals surface area contributed by atoms with E-state index in [9.17, 15) is 19.7 Å². The lowest BCUT2D eigenvalue weighted by Crippen LogP contribution is -2.13. The Bertz CT molecular complexity index is 583. The Balaban J connectivity index is 3.20. The van der Waals surface area contributed by atoms with Gasteiger partial charge in [-0.05, 0) is 12.1 Å². The van der Waals surface area contributed by atoms with Crippen molar-refractivity contribution in [3.05, 3.63) is 44.6 Å². The van der Waals surface area contributed by atoms with Crippen molar-refractivity contribution in [1.82, 2.24) is 0 Å². The molecule has 0 atom stereocenters. The second-order valence-corrected chi connectivity index (χ2v) is 4.16. The van der Waals surface area contributed by atoms with Crippen LogP contribution in [0.1, 0.15) is 0 Å². The van der Waals surface area contributed by atoms with Crippen molar-refractivity contribution in [2.45, 2.75) is 0 Å². The van der Waals surface area contributed by atoms with Gasteiger partial charge in [-0.1, -0.05) is 15.9 Å². The molecule has 0 aromatic heterocycles. The summed E-state index contributed by atoms with van der Waals surface area (Å²) in [7, 11) is 0. The van der Waals surface area contributed by atoms with E-state index in [0.29, 0.717) is 10.5 Å². The molecule has 1 aromatic carbocycles. The minimum atomic E-state index is -1.54. The molecule has 0 aliphatic rings. The highest BCUT2D eigenvalue weighted by Crippen LogP contribution is 2.28. The number of hydrogen-bond acceptors (Lipinski definition) is 5. The van der Waals surface area contributed by atoms with E-state index in [-0.39, 0.29) is 11.4 Å². The second kappa shape index (κ2) is 5.96. The number of carbonyl (C=O) groups is 2. The predicted octanol–water partition coefficient (Wildman–Crippen LogP) is 1.82. The van der Waals surface area contributed by atoms with E-state index in [2.05, 4.69) is 21.2 Å². The highest BCUT2D eigenvalue weighted by Gasteiger charge is 2.18. The molecule has 0 aliphatic carbocycles. The van der Waals surface area contributed by atoms with E-state index in [1.54, 1.807) is 0 Å². The van der Waals surface area contributed by atoms with Crippen LogP contribution in [0.5, 0.6) is 0 Å². The zero-order valence-electron chi connectivity index (χ0n) is 9.16. The molecule has 19 heavy (non-hydrogen) atoms. The number of aliphatic carboxylic acids is 2. The van der Waals surface area contributed by atoms with Crippen LogP contribution in [-0.4, -0.2) is 27.1 Å². The predicted molar refractivity (Wildman–Crippen MR) is 67.8 cm³/mol. The van der Waals surface area contributed by atoms with E-state index < -0.39 is 22.6 Å². The summed E-state index contributed by atoms with van der Waals surface area (Å²) in [6.07, 6.45) is 0.411. The van der Waals surface area contributed by atoms with Crippen molar-refractivity contribution >= 4 is 39.2 Å². The summed E-state index contributed by atoms with van der Waals surface area (Å²) in [5, 5.41) is 30.3. The van der Waals surface area contributed by atoms with Gasteiger partial charge in [0.05, 0.1) is 11.0 Å². The number of nitrogens with one attached hydrogen (secondary N) is 1. The maximum absolute atomic E-state index is 10.8. The standard InChI is InChI=1S/C10H7BrN2O6/c11-5-1-2-6(8(3-5)13(18)19)12-7(10(16)17)4-9(14)15/h1-4,12H,(H,14,15)(H,16,17)/b7-4-. The molecule has 0 heterocycles.